The summed E-state index contributed by atoms with van der Waals surface area (Å²) in [4.78, 5) is 0. The highest BCUT2D eigenvalue weighted by Crippen LogP contribution is 2.14. The van der Waals surface area contributed by atoms with Gasteiger partial charge in [0.25, 0.3) is 0 Å². The summed E-state index contributed by atoms with van der Waals surface area (Å²) in [5.41, 5.74) is 3.70. The van der Waals surface area contributed by atoms with Crippen LogP contribution in [0.5, 0.6) is 0 Å². The second kappa shape index (κ2) is 8.98. The molecule has 3 aromatic carbocycles. The fourth-order valence-corrected chi connectivity index (χ4v) is 2.46. The van der Waals surface area contributed by atoms with Crippen molar-refractivity contribution in [3.05, 3.63) is 112 Å². The molecule has 0 aliphatic heterocycles. The van der Waals surface area contributed by atoms with E-state index in [1.807, 2.05) is 84.9 Å². The molecule has 0 bridgehead atoms. The first kappa shape index (κ1) is 17.9. The van der Waals surface area contributed by atoms with Crippen LogP contribution in [0.25, 0.3) is 5.57 Å². The molecule has 0 nitrogen and oxygen atoms in total. The van der Waals surface area contributed by atoms with Crippen molar-refractivity contribution >= 4 is 28.8 Å². The summed E-state index contributed by atoms with van der Waals surface area (Å²) in [6.07, 6.45) is 1.84. The van der Waals surface area contributed by atoms with Crippen LogP contribution in [0.2, 0.25) is 10.0 Å². The summed E-state index contributed by atoms with van der Waals surface area (Å²) in [6.45, 7) is 0. The molecular weight excluding hydrogens is 359 g/mol. The van der Waals surface area contributed by atoms with E-state index in [2.05, 4.69) is 23.7 Å². The Kier molecular flexibility index (Phi) is 6.19. The topological polar surface area (TPSA) is 0 Å². The van der Waals surface area contributed by atoms with E-state index >= 15 is 0 Å². The highest BCUT2D eigenvalue weighted by molar-refractivity contribution is 6.30. The maximum Gasteiger partial charge on any atom is 0.0406 e. The average molecular weight is 373 g/mol. The summed E-state index contributed by atoms with van der Waals surface area (Å²) in [7, 11) is 0. The summed E-state index contributed by atoms with van der Waals surface area (Å²) >= 11 is 11.8. The van der Waals surface area contributed by atoms with Gasteiger partial charge in [0.05, 0.1) is 0 Å². The SMILES string of the molecule is Clc1ccc(C#C/C=C(\C#Cc2ccc(Cl)cc2)c2ccccc2)cc1. The van der Waals surface area contributed by atoms with Crippen LogP contribution in [0.15, 0.2) is 84.9 Å². The molecule has 0 N–H and O–H groups in total. The molecule has 0 saturated carbocycles. The highest BCUT2D eigenvalue weighted by atomic mass is 35.5. The van der Waals surface area contributed by atoms with E-state index in [4.69, 9.17) is 23.2 Å². The molecule has 0 heterocycles. The zero-order chi connectivity index (χ0) is 18.2. The van der Waals surface area contributed by atoms with Crippen molar-refractivity contribution in [3.8, 4) is 23.7 Å². The molecule has 0 spiro atoms. The van der Waals surface area contributed by atoms with E-state index < -0.39 is 0 Å². The molecule has 0 aliphatic rings. The smallest absolute Gasteiger partial charge is 0.0406 e. The Labute approximate surface area is 164 Å². The lowest BCUT2D eigenvalue weighted by Gasteiger charge is -1.98. The molecule has 0 atom stereocenters. The van der Waals surface area contributed by atoms with Crippen LogP contribution < -0.4 is 0 Å². The number of hydrogen-bond donors (Lipinski definition) is 0. The largest absolute Gasteiger partial charge is 0.0843 e. The average Bonchev–Trinajstić information content (AvgIpc) is 2.68. The molecule has 0 aromatic heterocycles. The standard InChI is InChI=1S/C24H14Cl2/c25-23-15-10-19(11-16-23)5-4-8-22(21-6-2-1-3-7-21)14-9-20-12-17-24(26)18-13-20/h1-3,6-8,10-13,15-18H/b22-8+. The second-order valence-electron chi connectivity index (χ2n) is 5.46. The van der Waals surface area contributed by atoms with Gasteiger partial charge in [0.2, 0.25) is 0 Å². The van der Waals surface area contributed by atoms with Gasteiger partial charge in [0, 0.05) is 32.8 Å². The number of hydrogen-bond acceptors (Lipinski definition) is 0. The van der Waals surface area contributed by atoms with E-state index in [0.29, 0.717) is 10.0 Å². The molecule has 3 aromatic rings. The van der Waals surface area contributed by atoms with Crippen LogP contribution in [0.4, 0.5) is 0 Å². The van der Waals surface area contributed by atoms with Crippen LogP contribution in [-0.2, 0) is 0 Å². The van der Waals surface area contributed by atoms with Gasteiger partial charge in [-0.25, -0.2) is 0 Å². The number of halogens is 2. The minimum absolute atomic E-state index is 0.697. The van der Waals surface area contributed by atoms with E-state index in [9.17, 15) is 0 Å². The second-order valence-corrected chi connectivity index (χ2v) is 6.33. The van der Waals surface area contributed by atoms with E-state index in [0.717, 1.165) is 22.3 Å². The third-order valence-corrected chi connectivity index (χ3v) is 4.05. The van der Waals surface area contributed by atoms with Crippen molar-refractivity contribution in [3.63, 3.8) is 0 Å². The van der Waals surface area contributed by atoms with Crippen molar-refractivity contribution in [1.29, 1.82) is 0 Å². The lowest BCUT2D eigenvalue weighted by Crippen LogP contribution is -1.81. The lowest BCUT2D eigenvalue weighted by atomic mass is 10.1. The van der Waals surface area contributed by atoms with Crippen LogP contribution in [0.3, 0.4) is 0 Å². The molecule has 26 heavy (non-hydrogen) atoms. The molecule has 0 radical (unpaired) electrons. The van der Waals surface area contributed by atoms with Gasteiger partial charge < -0.3 is 0 Å². The maximum atomic E-state index is 5.92. The Hall–Kier alpha value is -2.90. The molecule has 2 heteroatoms. The van der Waals surface area contributed by atoms with E-state index in [-0.39, 0.29) is 0 Å². The molecule has 3 rings (SSSR count). The minimum Gasteiger partial charge on any atom is -0.0843 e. The van der Waals surface area contributed by atoms with E-state index in [1.54, 1.807) is 0 Å². The molecule has 124 valence electrons. The normalized spacial score (nSPS) is 10.3. The van der Waals surface area contributed by atoms with Gasteiger partial charge in [-0.15, -0.1) is 0 Å². The molecule has 0 fully saturated rings. The highest BCUT2D eigenvalue weighted by Gasteiger charge is 1.96. The zero-order valence-corrected chi connectivity index (χ0v) is 15.4. The van der Waals surface area contributed by atoms with Crippen LogP contribution in [-0.4, -0.2) is 0 Å². The van der Waals surface area contributed by atoms with Crippen molar-refractivity contribution in [2.45, 2.75) is 0 Å². The monoisotopic (exact) mass is 372 g/mol. The van der Waals surface area contributed by atoms with Crippen molar-refractivity contribution in [1.82, 2.24) is 0 Å². The first-order valence-electron chi connectivity index (χ1n) is 8.01. The Balaban J connectivity index is 1.92. The quantitative estimate of drug-likeness (QED) is 0.428. The van der Waals surface area contributed by atoms with Crippen molar-refractivity contribution in [2.24, 2.45) is 0 Å². The van der Waals surface area contributed by atoms with Gasteiger partial charge in [-0.1, -0.05) is 77.2 Å². The number of benzene rings is 3. The zero-order valence-electron chi connectivity index (χ0n) is 13.8. The predicted octanol–water partition coefficient (Wildman–Crippen LogP) is 6.48. The van der Waals surface area contributed by atoms with Crippen LogP contribution in [0.1, 0.15) is 16.7 Å². The summed E-state index contributed by atoms with van der Waals surface area (Å²) in [5, 5.41) is 1.40. The molecule has 0 unspecified atom stereocenters. The van der Waals surface area contributed by atoms with Crippen LogP contribution >= 0.6 is 23.2 Å². The third kappa shape index (κ3) is 5.30. The first-order valence-corrected chi connectivity index (χ1v) is 8.76. The Morgan fingerprint density at radius 3 is 1.77 bits per heavy atom. The Morgan fingerprint density at radius 1 is 0.654 bits per heavy atom. The van der Waals surface area contributed by atoms with E-state index in [1.165, 1.54) is 0 Å². The molecule has 0 aliphatic carbocycles. The lowest BCUT2D eigenvalue weighted by molar-refractivity contribution is 1.62. The van der Waals surface area contributed by atoms with Crippen molar-refractivity contribution < 1.29 is 0 Å². The van der Waals surface area contributed by atoms with Gasteiger partial charge in [0.1, 0.15) is 0 Å². The fourth-order valence-electron chi connectivity index (χ4n) is 2.21. The molecule has 0 saturated heterocycles. The third-order valence-electron chi connectivity index (χ3n) is 3.55. The van der Waals surface area contributed by atoms with Gasteiger partial charge in [-0.2, -0.15) is 0 Å². The molecule has 0 amide bonds. The first-order chi connectivity index (χ1) is 12.7. The number of allylic oxidation sites excluding steroid dienone is 2. The fraction of sp³-hybridized carbons (Fsp3) is 0. The summed E-state index contributed by atoms with van der Waals surface area (Å²) in [6, 6.07) is 24.9. The van der Waals surface area contributed by atoms with Gasteiger partial charge >= 0.3 is 0 Å². The van der Waals surface area contributed by atoms with Gasteiger partial charge in [-0.3, -0.25) is 0 Å². The van der Waals surface area contributed by atoms with Crippen LogP contribution in [0, 0.1) is 23.7 Å². The van der Waals surface area contributed by atoms with Crippen molar-refractivity contribution in [2.75, 3.05) is 0 Å². The molecular formula is C24H14Cl2. The predicted molar refractivity (Wildman–Crippen MR) is 111 cm³/mol. The van der Waals surface area contributed by atoms with Gasteiger partial charge in [0.15, 0.2) is 0 Å². The maximum absolute atomic E-state index is 5.92. The minimum atomic E-state index is 0.697. The number of rotatable bonds is 1. The summed E-state index contributed by atoms with van der Waals surface area (Å²) < 4.78 is 0. The Bertz CT molecular complexity index is 1020. The summed E-state index contributed by atoms with van der Waals surface area (Å²) in [5.74, 6) is 12.6. The Morgan fingerprint density at radius 2 is 1.19 bits per heavy atom. The van der Waals surface area contributed by atoms with Gasteiger partial charge in [-0.05, 0) is 54.1 Å².